The first-order valence-electron chi connectivity index (χ1n) is 7.52. The lowest BCUT2D eigenvalue weighted by atomic mass is 10.1. The molecule has 1 amide bonds. The highest BCUT2D eigenvalue weighted by Gasteiger charge is 2.21. The van der Waals surface area contributed by atoms with Crippen LogP contribution in [-0.2, 0) is 6.54 Å². The number of carbonyl (C=O) groups is 1. The van der Waals surface area contributed by atoms with Crippen LogP contribution >= 0.6 is 11.3 Å². The van der Waals surface area contributed by atoms with Crippen LogP contribution in [0.5, 0.6) is 0 Å². The van der Waals surface area contributed by atoms with Gasteiger partial charge in [0.2, 0.25) is 0 Å². The molecule has 0 aliphatic rings. The monoisotopic (exact) mass is 356 g/mol. The molecule has 0 bridgehead atoms. The number of nitro groups is 1. The van der Waals surface area contributed by atoms with Gasteiger partial charge in [0, 0.05) is 35.9 Å². The van der Waals surface area contributed by atoms with Crippen molar-refractivity contribution in [3.05, 3.63) is 74.5 Å². The molecule has 0 aliphatic heterocycles. The number of hydrogen-bond donors (Lipinski definition) is 0. The minimum Gasteiger partial charge on any atom is -0.337 e. The summed E-state index contributed by atoms with van der Waals surface area (Å²) in [6.07, 6.45) is 4.64. The zero-order chi connectivity index (χ0) is 18.0. The average Bonchev–Trinajstić information content (AvgIpc) is 3.26. The molecule has 0 unspecified atom stereocenters. The summed E-state index contributed by atoms with van der Waals surface area (Å²) < 4.78 is 1.55. The Morgan fingerprint density at radius 1 is 1.40 bits per heavy atom. The van der Waals surface area contributed by atoms with Crippen molar-refractivity contribution in [1.29, 1.82) is 0 Å². The second-order valence-electron chi connectivity index (χ2n) is 5.62. The second-order valence-corrected chi connectivity index (χ2v) is 6.62. The number of thiophene rings is 1. The van der Waals surface area contributed by atoms with Gasteiger partial charge in [-0.15, -0.1) is 11.3 Å². The van der Waals surface area contributed by atoms with Crippen LogP contribution in [0.1, 0.15) is 20.8 Å². The quantitative estimate of drug-likeness (QED) is 0.518. The highest BCUT2D eigenvalue weighted by Crippen LogP contribution is 2.25. The third-order valence-corrected chi connectivity index (χ3v) is 4.91. The molecule has 8 heteroatoms. The van der Waals surface area contributed by atoms with Crippen LogP contribution in [0.2, 0.25) is 0 Å². The molecule has 0 N–H and O–H groups in total. The number of amides is 1. The SMILES string of the molecule is Cc1ccsc1CN(C)C(=O)c1ccc(-n2ccnc2)c([N+](=O)[O-])c1. The van der Waals surface area contributed by atoms with Crippen LogP contribution in [0.25, 0.3) is 5.69 Å². The Kier molecular flexibility index (Phi) is 4.62. The van der Waals surface area contributed by atoms with E-state index in [1.807, 2.05) is 18.4 Å². The van der Waals surface area contributed by atoms with E-state index >= 15 is 0 Å². The Hall–Kier alpha value is -3.00. The maximum Gasteiger partial charge on any atom is 0.294 e. The summed E-state index contributed by atoms with van der Waals surface area (Å²) in [5, 5.41) is 13.4. The molecule has 3 rings (SSSR count). The Morgan fingerprint density at radius 2 is 2.20 bits per heavy atom. The van der Waals surface area contributed by atoms with E-state index < -0.39 is 4.92 Å². The maximum atomic E-state index is 12.6. The molecule has 0 atom stereocenters. The van der Waals surface area contributed by atoms with Gasteiger partial charge in [-0.05, 0) is 36.1 Å². The van der Waals surface area contributed by atoms with Crippen LogP contribution in [0.3, 0.4) is 0 Å². The van der Waals surface area contributed by atoms with E-state index in [4.69, 9.17) is 0 Å². The fourth-order valence-corrected chi connectivity index (χ4v) is 3.45. The first-order chi connectivity index (χ1) is 12.0. The molecule has 2 aromatic heterocycles. The number of nitro benzene ring substituents is 1. The molecule has 25 heavy (non-hydrogen) atoms. The Bertz CT molecular complexity index is 918. The summed E-state index contributed by atoms with van der Waals surface area (Å²) in [4.78, 5) is 30.1. The molecule has 0 radical (unpaired) electrons. The highest BCUT2D eigenvalue weighted by molar-refractivity contribution is 7.10. The third-order valence-electron chi connectivity index (χ3n) is 3.90. The van der Waals surface area contributed by atoms with Crippen LogP contribution in [0.4, 0.5) is 5.69 Å². The van der Waals surface area contributed by atoms with E-state index in [9.17, 15) is 14.9 Å². The number of carbonyl (C=O) groups excluding carboxylic acids is 1. The molecule has 7 nitrogen and oxygen atoms in total. The number of aromatic nitrogens is 2. The zero-order valence-electron chi connectivity index (χ0n) is 13.7. The predicted octanol–water partition coefficient (Wildman–Crippen LogP) is 3.42. The maximum absolute atomic E-state index is 12.6. The van der Waals surface area contributed by atoms with E-state index in [2.05, 4.69) is 4.98 Å². The lowest BCUT2D eigenvalue weighted by Gasteiger charge is -2.17. The fraction of sp³-hybridized carbons (Fsp3) is 0.176. The van der Waals surface area contributed by atoms with Crippen molar-refractivity contribution in [2.75, 3.05) is 7.05 Å². The van der Waals surface area contributed by atoms with Crippen molar-refractivity contribution in [3.63, 3.8) is 0 Å². The normalized spacial score (nSPS) is 10.6. The number of rotatable bonds is 5. The molecule has 0 aliphatic carbocycles. The summed E-state index contributed by atoms with van der Waals surface area (Å²) in [5.41, 5.74) is 1.65. The molecular weight excluding hydrogens is 340 g/mol. The standard InChI is InChI=1S/C17H16N4O3S/c1-12-5-8-25-16(12)10-19(2)17(22)13-3-4-14(15(9-13)21(23)24)20-7-6-18-11-20/h3-9,11H,10H2,1-2H3. The van der Waals surface area contributed by atoms with E-state index in [1.54, 1.807) is 52.4 Å². The molecule has 0 saturated heterocycles. The molecular formula is C17H16N4O3S. The smallest absolute Gasteiger partial charge is 0.294 e. The fourth-order valence-electron chi connectivity index (χ4n) is 2.50. The first-order valence-corrected chi connectivity index (χ1v) is 8.40. The largest absolute Gasteiger partial charge is 0.337 e. The third kappa shape index (κ3) is 3.43. The number of aryl methyl sites for hydroxylation is 1. The summed E-state index contributed by atoms with van der Waals surface area (Å²) >= 11 is 1.59. The van der Waals surface area contributed by atoms with Crippen LogP contribution in [-0.4, -0.2) is 32.3 Å². The van der Waals surface area contributed by atoms with E-state index in [0.29, 0.717) is 12.2 Å². The Labute approximate surface area is 148 Å². The Morgan fingerprint density at radius 3 is 2.80 bits per heavy atom. The lowest BCUT2D eigenvalue weighted by molar-refractivity contribution is -0.384. The van der Waals surface area contributed by atoms with Gasteiger partial charge in [0.15, 0.2) is 0 Å². The second kappa shape index (κ2) is 6.86. The number of nitrogens with zero attached hydrogens (tertiary/aromatic N) is 4. The molecule has 0 saturated carbocycles. The highest BCUT2D eigenvalue weighted by atomic mass is 32.1. The van der Waals surface area contributed by atoms with Crippen LogP contribution in [0.15, 0.2) is 48.4 Å². The minimum absolute atomic E-state index is 0.135. The van der Waals surface area contributed by atoms with Crippen molar-refractivity contribution < 1.29 is 9.72 Å². The number of hydrogen-bond acceptors (Lipinski definition) is 5. The van der Waals surface area contributed by atoms with Gasteiger partial charge < -0.3 is 9.47 Å². The van der Waals surface area contributed by atoms with Gasteiger partial charge in [0.25, 0.3) is 11.6 Å². The van der Waals surface area contributed by atoms with Gasteiger partial charge in [-0.25, -0.2) is 4.98 Å². The van der Waals surface area contributed by atoms with Crippen molar-refractivity contribution in [2.24, 2.45) is 0 Å². The van der Waals surface area contributed by atoms with Gasteiger partial charge in [0.1, 0.15) is 5.69 Å². The molecule has 128 valence electrons. The lowest BCUT2D eigenvalue weighted by Crippen LogP contribution is -2.26. The van der Waals surface area contributed by atoms with Gasteiger partial charge >= 0.3 is 0 Å². The van der Waals surface area contributed by atoms with E-state index in [1.165, 1.54) is 12.4 Å². The molecule has 3 aromatic rings. The van der Waals surface area contributed by atoms with Crippen molar-refractivity contribution in [3.8, 4) is 5.69 Å². The van der Waals surface area contributed by atoms with Crippen LogP contribution in [0, 0.1) is 17.0 Å². The van der Waals surface area contributed by atoms with Crippen molar-refractivity contribution in [1.82, 2.24) is 14.5 Å². The van der Waals surface area contributed by atoms with Gasteiger partial charge in [-0.1, -0.05) is 0 Å². The molecule has 1 aromatic carbocycles. The molecule has 0 fully saturated rings. The minimum atomic E-state index is -0.491. The number of imidazole rings is 1. The summed E-state index contributed by atoms with van der Waals surface area (Å²) in [5.74, 6) is -0.256. The van der Waals surface area contributed by atoms with Gasteiger partial charge in [-0.3, -0.25) is 14.9 Å². The predicted molar refractivity (Wildman–Crippen MR) is 95.1 cm³/mol. The summed E-state index contributed by atoms with van der Waals surface area (Å²) in [6.45, 7) is 2.47. The molecule has 0 spiro atoms. The summed E-state index contributed by atoms with van der Waals surface area (Å²) in [6, 6.07) is 6.48. The van der Waals surface area contributed by atoms with E-state index in [0.717, 1.165) is 10.4 Å². The molecule has 2 heterocycles. The van der Waals surface area contributed by atoms with Crippen molar-refractivity contribution >= 4 is 22.9 Å². The van der Waals surface area contributed by atoms with Crippen molar-refractivity contribution in [2.45, 2.75) is 13.5 Å². The first kappa shape index (κ1) is 16.8. The van der Waals surface area contributed by atoms with Gasteiger partial charge in [0.05, 0.1) is 17.8 Å². The summed E-state index contributed by atoms with van der Waals surface area (Å²) in [7, 11) is 1.69. The number of benzene rings is 1. The van der Waals surface area contributed by atoms with Crippen LogP contribution < -0.4 is 0 Å². The van der Waals surface area contributed by atoms with E-state index in [-0.39, 0.29) is 17.2 Å². The Balaban J connectivity index is 1.89. The zero-order valence-corrected chi connectivity index (χ0v) is 14.6. The average molecular weight is 356 g/mol. The topological polar surface area (TPSA) is 81.3 Å². The van der Waals surface area contributed by atoms with Gasteiger partial charge in [-0.2, -0.15) is 0 Å².